The van der Waals surface area contributed by atoms with Gasteiger partial charge in [-0.15, -0.1) is 5.10 Å². The summed E-state index contributed by atoms with van der Waals surface area (Å²) >= 11 is 0. The van der Waals surface area contributed by atoms with Crippen LogP contribution in [0.15, 0.2) is 54.7 Å². The molecule has 1 atom stereocenters. The van der Waals surface area contributed by atoms with Crippen LogP contribution in [-0.2, 0) is 50.5 Å². The maximum absolute atomic E-state index is 13.8. The molecule has 2 fully saturated rings. The zero-order chi connectivity index (χ0) is 29.0. The smallest absolute Gasteiger partial charge is 0.241 e. The van der Waals surface area contributed by atoms with Crippen molar-refractivity contribution in [2.24, 2.45) is 5.92 Å². The average Bonchev–Trinajstić information content (AvgIpc) is 3.64. The molecule has 1 unspecified atom stereocenters. The average molecular weight is 584 g/mol. The fraction of sp³-hybridized carbons (Fsp3) is 0.483. The van der Waals surface area contributed by atoms with Crippen LogP contribution >= 0.6 is 0 Å². The van der Waals surface area contributed by atoms with E-state index in [2.05, 4.69) is 10.3 Å². The molecule has 11 nitrogen and oxygen atoms in total. The van der Waals surface area contributed by atoms with E-state index in [0.29, 0.717) is 31.9 Å². The molecular formula is C29H37N5O6S. The molecule has 2 aliphatic rings. The van der Waals surface area contributed by atoms with Crippen LogP contribution in [0.2, 0.25) is 0 Å². The molecule has 12 heteroatoms. The molecule has 1 N–H and O–H groups in total. The van der Waals surface area contributed by atoms with Crippen molar-refractivity contribution in [2.45, 2.75) is 58.8 Å². The van der Waals surface area contributed by atoms with Crippen molar-refractivity contribution < 1.29 is 27.8 Å². The minimum Gasteiger partial charge on any atom is -0.392 e. The Labute approximate surface area is 240 Å². The molecule has 1 amide bonds. The first kappa shape index (κ1) is 29.3. The fourth-order valence-electron chi connectivity index (χ4n) is 5.27. The molecule has 0 saturated carbocycles. The van der Waals surface area contributed by atoms with Gasteiger partial charge in [0.05, 0.1) is 38.3 Å². The van der Waals surface area contributed by atoms with Crippen LogP contribution in [0.4, 0.5) is 0 Å². The summed E-state index contributed by atoms with van der Waals surface area (Å²) < 4.78 is 41.0. The predicted octanol–water partition coefficient (Wildman–Crippen LogP) is 2.40. The van der Waals surface area contributed by atoms with Crippen LogP contribution in [0, 0.1) is 5.92 Å². The number of nitrogens with zero attached hydrogens (tertiary/aromatic N) is 5. The van der Waals surface area contributed by atoms with Crippen LogP contribution in [-0.4, -0.2) is 81.5 Å². The Morgan fingerprint density at radius 2 is 1.78 bits per heavy atom. The lowest BCUT2D eigenvalue weighted by Gasteiger charge is -2.32. The third kappa shape index (κ3) is 7.02. The van der Waals surface area contributed by atoms with Crippen LogP contribution < -0.4 is 0 Å². The number of sulfonamides is 1. The van der Waals surface area contributed by atoms with Gasteiger partial charge in [-0.2, -0.15) is 4.31 Å². The Morgan fingerprint density at radius 3 is 2.49 bits per heavy atom. The second-order valence-electron chi connectivity index (χ2n) is 10.8. The number of aliphatic hydroxyl groups is 1. The molecule has 41 heavy (non-hydrogen) atoms. The Balaban J connectivity index is 1.30. The lowest BCUT2D eigenvalue weighted by Crippen LogP contribution is -2.49. The summed E-state index contributed by atoms with van der Waals surface area (Å²) in [6.07, 6.45) is 2.18. The van der Waals surface area contributed by atoms with Gasteiger partial charge < -0.3 is 19.5 Å². The lowest BCUT2D eigenvalue weighted by atomic mass is 10.0. The first-order chi connectivity index (χ1) is 19.7. The number of amides is 1. The highest BCUT2D eigenvalue weighted by atomic mass is 32.2. The maximum Gasteiger partial charge on any atom is 0.241 e. The van der Waals surface area contributed by atoms with Crippen LogP contribution in [0.5, 0.6) is 0 Å². The number of ether oxygens (including phenoxy) is 2. The standard InChI is InChI=1S/C29H37N5O6S/c1-21(2)28-29(36)32(18-26-19-33(31-30-26)11-10-27-39-13-14-40-27)12-15-41(37,38)34(28)17-22-6-8-24(9-7-22)25-5-3-4-23(16-25)20-35/h3-9,16,19,21,27-28,35H,10-15,17-18,20H2,1-2H3. The van der Waals surface area contributed by atoms with Gasteiger partial charge in [-0.05, 0) is 34.2 Å². The van der Waals surface area contributed by atoms with Gasteiger partial charge in [0.2, 0.25) is 15.9 Å². The van der Waals surface area contributed by atoms with E-state index in [1.807, 2.05) is 62.4 Å². The molecule has 0 aliphatic carbocycles. The molecule has 0 spiro atoms. The molecule has 3 aromatic rings. The summed E-state index contributed by atoms with van der Waals surface area (Å²) in [5.41, 5.74) is 4.14. The second kappa shape index (κ2) is 12.8. The molecule has 2 aliphatic heterocycles. The van der Waals surface area contributed by atoms with E-state index in [0.717, 1.165) is 22.3 Å². The molecular weight excluding hydrogens is 546 g/mol. The SMILES string of the molecule is CC(C)C1C(=O)N(Cc2cn(CCC3OCCO3)nn2)CCS(=O)(=O)N1Cc1ccc(-c2cccc(CO)c2)cc1. The van der Waals surface area contributed by atoms with Gasteiger partial charge in [-0.1, -0.05) is 61.5 Å². The number of carbonyl (C=O) groups is 1. The summed E-state index contributed by atoms with van der Waals surface area (Å²) in [4.78, 5) is 15.4. The van der Waals surface area contributed by atoms with E-state index in [4.69, 9.17) is 9.47 Å². The van der Waals surface area contributed by atoms with Gasteiger partial charge in [0, 0.05) is 26.1 Å². The van der Waals surface area contributed by atoms with E-state index in [-0.39, 0.29) is 50.1 Å². The lowest BCUT2D eigenvalue weighted by molar-refractivity contribution is -0.136. The van der Waals surface area contributed by atoms with Gasteiger partial charge in [0.25, 0.3) is 0 Å². The summed E-state index contributed by atoms with van der Waals surface area (Å²) in [5.74, 6) is -0.639. The maximum atomic E-state index is 13.8. The van der Waals surface area contributed by atoms with Crippen LogP contribution in [0.25, 0.3) is 11.1 Å². The molecule has 2 saturated heterocycles. The predicted molar refractivity (Wildman–Crippen MR) is 152 cm³/mol. The van der Waals surface area contributed by atoms with Crippen molar-refractivity contribution in [1.29, 1.82) is 0 Å². The Kier molecular flexibility index (Phi) is 9.15. The van der Waals surface area contributed by atoms with Crippen molar-refractivity contribution >= 4 is 15.9 Å². The summed E-state index contributed by atoms with van der Waals surface area (Å²) in [7, 11) is -3.72. The van der Waals surface area contributed by atoms with Crippen LogP contribution in [0.3, 0.4) is 0 Å². The first-order valence-electron chi connectivity index (χ1n) is 13.9. The number of benzene rings is 2. The molecule has 3 heterocycles. The largest absolute Gasteiger partial charge is 0.392 e. The van der Waals surface area contributed by atoms with Crippen molar-refractivity contribution in [3.05, 3.63) is 71.5 Å². The normalized spacial score (nSPS) is 20.1. The number of rotatable bonds is 10. The third-order valence-electron chi connectivity index (χ3n) is 7.44. The summed E-state index contributed by atoms with van der Waals surface area (Å²) in [6.45, 7) is 5.81. The van der Waals surface area contributed by atoms with E-state index in [1.54, 1.807) is 15.8 Å². The molecule has 0 bridgehead atoms. The third-order valence-corrected chi connectivity index (χ3v) is 9.21. The fourth-order valence-corrected chi connectivity index (χ4v) is 6.98. The van der Waals surface area contributed by atoms with E-state index in [1.165, 1.54) is 4.31 Å². The minimum absolute atomic E-state index is 0.0376. The zero-order valence-electron chi connectivity index (χ0n) is 23.4. The highest BCUT2D eigenvalue weighted by Gasteiger charge is 2.42. The van der Waals surface area contributed by atoms with Crippen molar-refractivity contribution in [2.75, 3.05) is 25.5 Å². The number of aryl methyl sites for hydroxylation is 1. The van der Waals surface area contributed by atoms with Crippen molar-refractivity contribution in [3.8, 4) is 11.1 Å². The van der Waals surface area contributed by atoms with E-state index in [9.17, 15) is 18.3 Å². The quantitative estimate of drug-likeness (QED) is 0.386. The zero-order valence-corrected chi connectivity index (χ0v) is 24.2. The number of aromatic nitrogens is 3. The van der Waals surface area contributed by atoms with Crippen molar-refractivity contribution in [3.63, 3.8) is 0 Å². The minimum atomic E-state index is -3.72. The first-order valence-corrected chi connectivity index (χ1v) is 15.5. The van der Waals surface area contributed by atoms with Gasteiger partial charge >= 0.3 is 0 Å². The van der Waals surface area contributed by atoms with Gasteiger partial charge in [-0.25, -0.2) is 8.42 Å². The number of hydrogen-bond donors (Lipinski definition) is 1. The molecule has 220 valence electrons. The number of carbonyl (C=O) groups excluding carboxylic acids is 1. The molecule has 5 rings (SSSR count). The molecule has 0 radical (unpaired) electrons. The summed E-state index contributed by atoms with van der Waals surface area (Å²) in [6, 6.07) is 14.5. The molecule has 1 aromatic heterocycles. The van der Waals surface area contributed by atoms with Gasteiger partial charge in [0.1, 0.15) is 11.7 Å². The van der Waals surface area contributed by atoms with Gasteiger partial charge in [-0.3, -0.25) is 9.48 Å². The van der Waals surface area contributed by atoms with Crippen molar-refractivity contribution in [1.82, 2.24) is 24.2 Å². The highest BCUT2D eigenvalue weighted by molar-refractivity contribution is 7.89. The number of hydrogen-bond acceptors (Lipinski definition) is 8. The number of aliphatic hydroxyl groups excluding tert-OH is 1. The monoisotopic (exact) mass is 583 g/mol. The Morgan fingerprint density at radius 1 is 1.02 bits per heavy atom. The topological polar surface area (TPSA) is 127 Å². The van der Waals surface area contributed by atoms with E-state index >= 15 is 0 Å². The highest BCUT2D eigenvalue weighted by Crippen LogP contribution is 2.27. The van der Waals surface area contributed by atoms with E-state index < -0.39 is 16.1 Å². The Hall–Kier alpha value is -3.16. The van der Waals surface area contributed by atoms with Gasteiger partial charge in [0.15, 0.2) is 6.29 Å². The summed E-state index contributed by atoms with van der Waals surface area (Å²) in [5, 5.41) is 17.8. The Bertz CT molecular complexity index is 1440. The molecule has 2 aromatic carbocycles. The van der Waals surface area contributed by atoms with Crippen LogP contribution in [0.1, 0.15) is 37.1 Å². The second-order valence-corrected chi connectivity index (χ2v) is 12.8.